The van der Waals surface area contributed by atoms with Crippen molar-refractivity contribution in [1.29, 1.82) is 0 Å². The third-order valence-electron chi connectivity index (χ3n) is 4.64. The Bertz CT molecular complexity index is 1170. The van der Waals surface area contributed by atoms with Gasteiger partial charge in [-0.3, -0.25) is 4.79 Å². The van der Waals surface area contributed by atoms with Crippen molar-refractivity contribution < 1.29 is 14.3 Å². The van der Waals surface area contributed by atoms with Crippen LogP contribution in [-0.2, 0) is 7.05 Å². The van der Waals surface area contributed by atoms with E-state index in [0.29, 0.717) is 28.5 Å². The fourth-order valence-electron chi connectivity index (χ4n) is 3.14. The number of hydrogen-bond acceptors (Lipinski definition) is 4. The van der Waals surface area contributed by atoms with Gasteiger partial charge in [-0.2, -0.15) is 0 Å². The average molecular weight is 399 g/mol. The monoisotopic (exact) mass is 399 g/mol. The van der Waals surface area contributed by atoms with Gasteiger partial charge in [0.25, 0.3) is 5.91 Å². The Labute approximate surface area is 174 Å². The Morgan fingerprint density at radius 2 is 1.63 bits per heavy atom. The van der Waals surface area contributed by atoms with Gasteiger partial charge in [-0.25, -0.2) is 4.98 Å². The molecule has 0 aliphatic carbocycles. The Hall–Kier alpha value is -4.06. The Kier molecular flexibility index (Phi) is 5.48. The summed E-state index contributed by atoms with van der Waals surface area (Å²) in [5.41, 5.74) is 2.00. The molecular formula is C24H21N3O3. The van der Waals surface area contributed by atoms with Crippen LogP contribution in [0.2, 0.25) is 0 Å². The van der Waals surface area contributed by atoms with Crippen molar-refractivity contribution in [2.45, 2.75) is 0 Å². The lowest BCUT2D eigenvalue weighted by Gasteiger charge is -2.12. The smallest absolute Gasteiger partial charge is 0.256 e. The number of ether oxygens (including phenoxy) is 2. The van der Waals surface area contributed by atoms with Crippen molar-refractivity contribution in [3.05, 3.63) is 90.8 Å². The second-order valence-corrected chi connectivity index (χ2v) is 6.64. The molecule has 0 fully saturated rings. The highest BCUT2D eigenvalue weighted by Crippen LogP contribution is 2.31. The number of aryl methyl sites for hydroxylation is 1. The van der Waals surface area contributed by atoms with Gasteiger partial charge in [-0.1, -0.05) is 30.3 Å². The molecule has 1 N–H and O–H groups in total. The van der Waals surface area contributed by atoms with Gasteiger partial charge in [0.2, 0.25) is 0 Å². The molecule has 3 aromatic carbocycles. The fraction of sp³-hybridized carbons (Fsp3) is 0.0833. The zero-order chi connectivity index (χ0) is 20.9. The number of carbonyl (C=O) groups is 1. The van der Waals surface area contributed by atoms with Crippen LogP contribution in [0.4, 0.5) is 5.69 Å². The summed E-state index contributed by atoms with van der Waals surface area (Å²) in [6, 6.07) is 22.0. The minimum Gasteiger partial charge on any atom is -0.493 e. The zero-order valence-electron chi connectivity index (χ0n) is 16.7. The summed E-state index contributed by atoms with van der Waals surface area (Å²) in [5.74, 6) is 2.46. The molecule has 0 saturated heterocycles. The van der Waals surface area contributed by atoms with Crippen LogP contribution < -0.4 is 14.8 Å². The molecule has 150 valence electrons. The van der Waals surface area contributed by atoms with Gasteiger partial charge >= 0.3 is 0 Å². The van der Waals surface area contributed by atoms with Crippen LogP contribution in [0.1, 0.15) is 10.4 Å². The number of para-hydroxylation sites is 2. The third-order valence-corrected chi connectivity index (χ3v) is 4.64. The number of aromatic nitrogens is 2. The number of amides is 1. The lowest BCUT2D eigenvalue weighted by atomic mass is 10.1. The molecule has 4 aromatic rings. The molecule has 0 bridgehead atoms. The lowest BCUT2D eigenvalue weighted by molar-refractivity contribution is 0.102. The lowest BCUT2D eigenvalue weighted by Crippen LogP contribution is -2.13. The van der Waals surface area contributed by atoms with Crippen molar-refractivity contribution in [3.63, 3.8) is 0 Å². The topological polar surface area (TPSA) is 65.4 Å². The largest absolute Gasteiger partial charge is 0.493 e. The number of hydrogen-bond donors (Lipinski definition) is 1. The maximum absolute atomic E-state index is 12.9. The van der Waals surface area contributed by atoms with E-state index >= 15 is 0 Å². The second-order valence-electron chi connectivity index (χ2n) is 6.64. The summed E-state index contributed by atoms with van der Waals surface area (Å²) >= 11 is 0. The van der Waals surface area contributed by atoms with Crippen molar-refractivity contribution >= 4 is 11.6 Å². The SMILES string of the molecule is COc1ccccc1Oc1ccc(NC(=O)c2ccccc2-c2nccn2C)cc1. The van der Waals surface area contributed by atoms with Gasteiger partial charge < -0.3 is 19.4 Å². The van der Waals surface area contributed by atoms with E-state index in [2.05, 4.69) is 10.3 Å². The number of nitrogens with zero attached hydrogens (tertiary/aromatic N) is 2. The minimum atomic E-state index is -0.202. The summed E-state index contributed by atoms with van der Waals surface area (Å²) in [7, 11) is 3.50. The van der Waals surface area contributed by atoms with Crippen LogP contribution in [-0.4, -0.2) is 22.6 Å². The van der Waals surface area contributed by atoms with Crippen molar-refractivity contribution in [2.75, 3.05) is 12.4 Å². The zero-order valence-corrected chi connectivity index (χ0v) is 16.7. The number of anilines is 1. The van der Waals surface area contributed by atoms with E-state index in [9.17, 15) is 4.79 Å². The maximum Gasteiger partial charge on any atom is 0.256 e. The van der Waals surface area contributed by atoms with Crippen LogP contribution in [0.5, 0.6) is 17.2 Å². The van der Waals surface area contributed by atoms with Crippen molar-refractivity contribution in [1.82, 2.24) is 9.55 Å². The van der Waals surface area contributed by atoms with Gasteiger partial charge in [-0.05, 0) is 42.5 Å². The molecule has 1 amide bonds. The molecule has 0 atom stereocenters. The molecule has 0 aliphatic rings. The number of nitrogens with one attached hydrogen (secondary N) is 1. The number of imidazole rings is 1. The summed E-state index contributed by atoms with van der Waals surface area (Å²) in [6.45, 7) is 0. The molecule has 4 rings (SSSR count). The number of methoxy groups -OCH3 is 1. The number of benzene rings is 3. The number of rotatable bonds is 6. The first-order chi connectivity index (χ1) is 14.7. The molecule has 0 spiro atoms. The first-order valence-corrected chi connectivity index (χ1v) is 9.44. The standard InChI is InChI=1S/C24H21N3O3/c1-27-16-15-25-23(27)19-7-3-4-8-20(19)24(28)26-17-11-13-18(14-12-17)30-22-10-6-5-9-21(22)29-2/h3-16H,1-2H3,(H,26,28). The predicted molar refractivity (Wildman–Crippen MR) is 116 cm³/mol. The molecule has 0 unspecified atom stereocenters. The quantitative estimate of drug-likeness (QED) is 0.488. The van der Waals surface area contributed by atoms with Gasteiger partial charge in [0, 0.05) is 30.7 Å². The molecule has 0 saturated carbocycles. The molecule has 6 heteroatoms. The fourth-order valence-corrected chi connectivity index (χ4v) is 3.14. The van der Waals surface area contributed by atoms with E-state index in [-0.39, 0.29) is 5.91 Å². The predicted octanol–water partition coefficient (Wildman–Crippen LogP) is 5.14. The van der Waals surface area contributed by atoms with E-state index in [0.717, 1.165) is 11.4 Å². The van der Waals surface area contributed by atoms with E-state index in [4.69, 9.17) is 9.47 Å². The number of carbonyl (C=O) groups excluding carboxylic acids is 1. The molecular weight excluding hydrogens is 378 g/mol. The molecule has 6 nitrogen and oxygen atoms in total. The molecule has 1 aromatic heterocycles. The second kappa shape index (κ2) is 8.53. The van der Waals surface area contributed by atoms with Crippen LogP contribution in [0, 0.1) is 0 Å². The van der Waals surface area contributed by atoms with Crippen LogP contribution in [0.15, 0.2) is 85.2 Å². The van der Waals surface area contributed by atoms with E-state index in [1.54, 1.807) is 43.6 Å². The van der Waals surface area contributed by atoms with Crippen molar-refractivity contribution in [3.8, 4) is 28.6 Å². The van der Waals surface area contributed by atoms with Crippen LogP contribution >= 0.6 is 0 Å². The Morgan fingerprint density at radius 3 is 2.33 bits per heavy atom. The summed E-state index contributed by atoms with van der Waals surface area (Å²) < 4.78 is 13.1. The van der Waals surface area contributed by atoms with Crippen LogP contribution in [0.3, 0.4) is 0 Å². The van der Waals surface area contributed by atoms with E-state index in [1.807, 2.05) is 60.3 Å². The van der Waals surface area contributed by atoms with Crippen LogP contribution in [0.25, 0.3) is 11.4 Å². The van der Waals surface area contributed by atoms with Gasteiger partial charge in [0.05, 0.1) is 12.7 Å². The molecule has 30 heavy (non-hydrogen) atoms. The normalized spacial score (nSPS) is 10.5. The molecule has 0 radical (unpaired) electrons. The van der Waals surface area contributed by atoms with Gasteiger partial charge in [0.1, 0.15) is 11.6 Å². The minimum absolute atomic E-state index is 0.202. The summed E-state index contributed by atoms with van der Waals surface area (Å²) in [4.78, 5) is 17.3. The first kappa shape index (κ1) is 19.3. The first-order valence-electron chi connectivity index (χ1n) is 9.44. The summed E-state index contributed by atoms with van der Waals surface area (Å²) in [5, 5.41) is 2.94. The Balaban J connectivity index is 1.51. The van der Waals surface area contributed by atoms with Crippen molar-refractivity contribution in [2.24, 2.45) is 7.05 Å². The highest BCUT2D eigenvalue weighted by atomic mass is 16.5. The Morgan fingerprint density at radius 1 is 0.933 bits per heavy atom. The highest BCUT2D eigenvalue weighted by molar-refractivity contribution is 6.08. The summed E-state index contributed by atoms with van der Waals surface area (Å²) in [6.07, 6.45) is 3.56. The van der Waals surface area contributed by atoms with E-state index in [1.165, 1.54) is 0 Å². The highest BCUT2D eigenvalue weighted by Gasteiger charge is 2.15. The van der Waals surface area contributed by atoms with Gasteiger partial charge in [0.15, 0.2) is 11.5 Å². The third kappa shape index (κ3) is 4.03. The maximum atomic E-state index is 12.9. The van der Waals surface area contributed by atoms with E-state index < -0.39 is 0 Å². The molecule has 0 aliphatic heterocycles. The van der Waals surface area contributed by atoms with Gasteiger partial charge in [-0.15, -0.1) is 0 Å². The molecule has 1 heterocycles. The average Bonchev–Trinajstić information content (AvgIpc) is 3.21.